The van der Waals surface area contributed by atoms with Crippen LogP contribution in [0.1, 0.15) is 63.1 Å². The summed E-state index contributed by atoms with van der Waals surface area (Å²) in [5, 5.41) is 13.4. The van der Waals surface area contributed by atoms with Crippen LogP contribution in [0.5, 0.6) is 0 Å². The molecule has 1 N–H and O–H groups in total. The van der Waals surface area contributed by atoms with Crippen LogP contribution >= 0.6 is 0 Å². The number of piperidine rings is 1. The van der Waals surface area contributed by atoms with Gasteiger partial charge in [-0.25, -0.2) is 0 Å². The fraction of sp³-hybridized carbons (Fsp3) is 0.667. The van der Waals surface area contributed by atoms with Gasteiger partial charge in [-0.3, -0.25) is 9.59 Å². The predicted octanol–water partition coefficient (Wildman–Crippen LogP) is 2.57. The van der Waals surface area contributed by atoms with Crippen LogP contribution in [0.4, 0.5) is 0 Å². The van der Waals surface area contributed by atoms with Crippen molar-refractivity contribution in [3.8, 4) is 0 Å². The number of likely N-dealkylation sites (tertiary alicyclic amines) is 1. The molecule has 2 aliphatic rings. The summed E-state index contributed by atoms with van der Waals surface area (Å²) in [6, 6.07) is 0. The first kappa shape index (κ1) is 17.6. The van der Waals surface area contributed by atoms with Crippen LogP contribution in [0.25, 0.3) is 0 Å². The fourth-order valence-corrected chi connectivity index (χ4v) is 3.62. The summed E-state index contributed by atoms with van der Waals surface area (Å²) in [5.74, 6) is -0.575. The minimum atomic E-state index is -0.894. The molecule has 0 radical (unpaired) electrons. The number of carbonyl (C=O) groups excluding carboxylic acids is 1. The molecule has 0 spiro atoms. The van der Waals surface area contributed by atoms with E-state index in [0.717, 1.165) is 12.8 Å². The van der Waals surface area contributed by atoms with E-state index in [1.165, 1.54) is 0 Å². The van der Waals surface area contributed by atoms with Crippen molar-refractivity contribution < 1.29 is 19.2 Å². The van der Waals surface area contributed by atoms with Gasteiger partial charge >= 0.3 is 5.97 Å². The molecule has 1 aromatic rings. The lowest BCUT2D eigenvalue weighted by molar-refractivity contribution is -0.151. The van der Waals surface area contributed by atoms with Crippen molar-refractivity contribution in [1.29, 1.82) is 0 Å². The first-order valence-corrected chi connectivity index (χ1v) is 8.97. The summed E-state index contributed by atoms with van der Waals surface area (Å²) in [6.07, 6.45) is 6.44. The van der Waals surface area contributed by atoms with E-state index < -0.39 is 17.8 Å². The van der Waals surface area contributed by atoms with Crippen molar-refractivity contribution in [2.24, 2.45) is 11.8 Å². The monoisotopic (exact) mass is 347 g/mol. The number of carbonyl (C=O) groups is 2. The third kappa shape index (κ3) is 3.75. The molecule has 2 heterocycles. The van der Waals surface area contributed by atoms with Crippen LogP contribution in [0.2, 0.25) is 0 Å². The minimum absolute atomic E-state index is 0.0279. The molecule has 1 saturated heterocycles. The first-order chi connectivity index (χ1) is 12.0. The van der Waals surface area contributed by atoms with Crippen LogP contribution in [0.15, 0.2) is 16.7 Å². The molecule has 0 bridgehead atoms. The Morgan fingerprint density at radius 2 is 2.00 bits per heavy atom. The Kier molecular flexibility index (Phi) is 5.20. The normalized spacial score (nSPS) is 26.8. The number of hydrogen-bond acceptors (Lipinski definition) is 5. The molecule has 0 unspecified atom stereocenters. The van der Waals surface area contributed by atoms with Crippen LogP contribution in [0, 0.1) is 11.8 Å². The molecule has 3 rings (SSSR count). The van der Waals surface area contributed by atoms with E-state index in [4.69, 9.17) is 4.52 Å². The summed E-state index contributed by atoms with van der Waals surface area (Å²) in [4.78, 5) is 30.6. The highest BCUT2D eigenvalue weighted by atomic mass is 16.5. The third-order valence-corrected chi connectivity index (χ3v) is 5.12. The number of allylic oxidation sites excluding steroid dienone is 2. The molecule has 3 atom stereocenters. The number of aromatic nitrogens is 2. The Balaban J connectivity index is 1.70. The van der Waals surface area contributed by atoms with E-state index in [0.29, 0.717) is 37.6 Å². The van der Waals surface area contributed by atoms with E-state index in [2.05, 4.69) is 10.1 Å². The maximum Gasteiger partial charge on any atom is 0.307 e. The van der Waals surface area contributed by atoms with Gasteiger partial charge < -0.3 is 14.5 Å². The van der Waals surface area contributed by atoms with E-state index >= 15 is 0 Å². The van der Waals surface area contributed by atoms with Gasteiger partial charge in [0.2, 0.25) is 11.8 Å². The minimum Gasteiger partial charge on any atom is -0.481 e. The van der Waals surface area contributed by atoms with Crippen molar-refractivity contribution >= 4 is 11.9 Å². The number of amides is 1. The van der Waals surface area contributed by atoms with Gasteiger partial charge in [-0.2, -0.15) is 4.98 Å². The lowest BCUT2D eigenvalue weighted by Crippen LogP contribution is -2.45. The molecule has 0 aromatic carbocycles. The number of hydrogen-bond donors (Lipinski definition) is 1. The Morgan fingerprint density at radius 1 is 1.28 bits per heavy atom. The van der Waals surface area contributed by atoms with Crippen LogP contribution < -0.4 is 0 Å². The van der Waals surface area contributed by atoms with E-state index in [-0.39, 0.29) is 17.7 Å². The second-order valence-corrected chi connectivity index (χ2v) is 7.26. The van der Waals surface area contributed by atoms with Crippen molar-refractivity contribution in [3.05, 3.63) is 23.9 Å². The molecule has 1 amide bonds. The largest absolute Gasteiger partial charge is 0.481 e. The third-order valence-electron chi connectivity index (χ3n) is 5.12. The second kappa shape index (κ2) is 7.37. The molecule has 1 aliphatic heterocycles. The molecular formula is C18H25N3O4. The standard InChI is InChI=1S/C18H25N3O4/c1-11(2)15-19-16(25-20-15)12-6-5-9-21(10-12)17(22)13-7-3-4-8-14(13)18(23)24/h3-4,11-14H,5-10H2,1-2H3,(H,23,24)/t12-,13-,14+/m1/s1. The van der Waals surface area contributed by atoms with Crippen molar-refractivity contribution in [3.63, 3.8) is 0 Å². The van der Waals surface area contributed by atoms with Gasteiger partial charge in [0.15, 0.2) is 5.82 Å². The first-order valence-electron chi connectivity index (χ1n) is 8.97. The topological polar surface area (TPSA) is 96.5 Å². The Morgan fingerprint density at radius 3 is 2.64 bits per heavy atom. The van der Waals surface area contributed by atoms with Gasteiger partial charge in [0.25, 0.3) is 0 Å². The lowest BCUT2D eigenvalue weighted by Gasteiger charge is -2.35. The van der Waals surface area contributed by atoms with Crippen LogP contribution in [-0.4, -0.2) is 45.1 Å². The van der Waals surface area contributed by atoms with Gasteiger partial charge in [-0.1, -0.05) is 31.2 Å². The SMILES string of the molecule is CC(C)c1noc([C@@H]2CCCN(C(=O)[C@@H]3CC=CC[C@@H]3C(=O)O)C2)n1. The molecule has 0 saturated carbocycles. The zero-order chi connectivity index (χ0) is 18.0. The molecule has 7 nitrogen and oxygen atoms in total. The Bertz CT molecular complexity index is 667. The highest BCUT2D eigenvalue weighted by Crippen LogP contribution is 2.32. The smallest absolute Gasteiger partial charge is 0.307 e. The van der Waals surface area contributed by atoms with E-state index in [9.17, 15) is 14.7 Å². The van der Waals surface area contributed by atoms with Crippen molar-refractivity contribution in [2.45, 2.75) is 51.4 Å². The van der Waals surface area contributed by atoms with Crippen molar-refractivity contribution in [1.82, 2.24) is 15.0 Å². The number of rotatable bonds is 4. The van der Waals surface area contributed by atoms with E-state index in [1.54, 1.807) is 4.90 Å². The molecule has 7 heteroatoms. The Hall–Kier alpha value is -2.18. The summed E-state index contributed by atoms with van der Waals surface area (Å²) in [7, 11) is 0. The maximum atomic E-state index is 12.9. The van der Waals surface area contributed by atoms with Gasteiger partial charge in [0.1, 0.15) is 0 Å². The van der Waals surface area contributed by atoms with Crippen LogP contribution in [-0.2, 0) is 9.59 Å². The number of carboxylic acid groups (broad SMARTS) is 1. The molecule has 1 aromatic heterocycles. The summed E-state index contributed by atoms with van der Waals surface area (Å²) >= 11 is 0. The Labute approximate surface area is 147 Å². The lowest BCUT2D eigenvalue weighted by atomic mass is 9.81. The summed E-state index contributed by atoms with van der Waals surface area (Å²) in [5.41, 5.74) is 0. The summed E-state index contributed by atoms with van der Waals surface area (Å²) < 4.78 is 5.39. The average molecular weight is 347 g/mol. The number of carboxylic acids is 1. The molecule has 1 fully saturated rings. The molecule has 1 aliphatic carbocycles. The molecule has 25 heavy (non-hydrogen) atoms. The molecule has 136 valence electrons. The predicted molar refractivity (Wildman–Crippen MR) is 89.9 cm³/mol. The zero-order valence-electron chi connectivity index (χ0n) is 14.7. The number of nitrogens with zero attached hydrogens (tertiary/aromatic N) is 3. The average Bonchev–Trinajstić information content (AvgIpc) is 3.11. The highest BCUT2D eigenvalue weighted by Gasteiger charge is 2.38. The van der Waals surface area contributed by atoms with Gasteiger partial charge in [-0.05, 0) is 25.7 Å². The highest BCUT2D eigenvalue weighted by molar-refractivity contribution is 5.85. The van der Waals surface area contributed by atoms with Gasteiger partial charge in [0.05, 0.1) is 17.8 Å². The molecular weight excluding hydrogens is 322 g/mol. The van der Waals surface area contributed by atoms with Gasteiger partial charge in [-0.15, -0.1) is 0 Å². The van der Waals surface area contributed by atoms with E-state index in [1.807, 2.05) is 26.0 Å². The van der Waals surface area contributed by atoms with Crippen molar-refractivity contribution in [2.75, 3.05) is 13.1 Å². The van der Waals surface area contributed by atoms with Gasteiger partial charge in [0, 0.05) is 19.0 Å². The summed E-state index contributed by atoms with van der Waals surface area (Å²) in [6.45, 7) is 5.19. The maximum absolute atomic E-state index is 12.9. The fourth-order valence-electron chi connectivity index (χ4n) is 3.62. The van der Waals surface area contributed by atoms with Crippen LogP contribution in [0.3, 0.4) is 0 Å². The second-order valence-electron chi connectivity index (χ2n) is 7.26. The zero-order valence-corrected chi connectivity index (χ0v) is 14.7. The number of aliphatic carboxylic acids is 1. The quantitative estimate of drug-likeness (QED) is 0.841.